The number of thiocarbonyl (C=S) groups is 1. The zero-order chi connectivity index (χ0) is 23.0. The molecule has 0 radical (unpaired) electrons. The molecule has 0 aromatic heterocycles. The fourth-order valence-electron chi connectivity index (χ4n) is 3.54. The molecule has 5 nitrogen and oxygen atoms in total. The molecule has 164 valence electrons. The molecule has 0 unspecified atom stereocenters. The molecular weight excluding hydrogens is 430 g/mol. The van der Waals surface area contributed by atoms with Crippen LogP contribution in [0.15, 0.2) is 97.1 Å². The molecule has 0 bridgehead atoms. The van der Waals surface area contributed by atoms with Crippen LogP contribution in [0, 0.1) is 0 Å². The standard InChI is InChI=1S/C27H23N3O2S/c31-25(17-22-11-6-10-20-9-4-5-12-24(20)22)30-27(33)29-23-15-13-21(14-16-23)26(32)28-18-19-7-2-1-3-8-19/h1-16H,17-18H2,(H,28,32)(H2,29,30,31,33). The Balaban J connectivity index is 1.29. The van der Waals surface area contributed by atoms with E-state index in [1.54, 1.807) is 24.3 Å². The number of fused-ring (bicyclic) bond motifs is 1. The SMILES string of the molecule is O=C(Cc1cccc2ccccc12)NC(=S)Nc1ccc(C(=O)NCc2ccccc2)cc1. The van der Waals surface area contributed by atoms with Crippen molar-refractivity contribution in [2.45, 2.75) is 13.0 Å². The molecule has 0 spiro atoms. The average Bonchev–Trinajstić information content (AvgIpc) is 2.84. The van der Waals surface area contributed by atoms with Gasteiger partial charge in [-0.3, -0.25) is 9.59 Å². The molecule has 0 aliphatic carbocycles. The molecule has 0 aliphatic heterocycles. The number of rotatable bonds is 6. The van der Waals surface area contributed by atoms with Crippen LogP contribution in [-0.2, 0) is 17.8 Å². The van der Waals surface area contributed by atoms with E-state index in [4.69, 9.17) is 12.2 Å². The minimum Gasteiger partial charge on any atom is -0.348 e. The minimum atomic E-state index is -0.194. The first kappa shape index (κ1) is 22.2. The quantitative estimate of drug-likeness (QED) is 0.366. The summed E-state index contributed by atoms with van der Waals surface area (Å²) in [6.45, 7) is 0.465. The summed E-state index contributed by atoms with van der Waals surface area (Å²) in [6.07, 6.45) is 0.226. The highest BCUT2D eigenvalue weighted by molar-refractivity contribution is 7.80. The van der Waals surface area contributed by atoms with Crippen LogP contribution >= 0.6 is 12.2 Å². The fourth-order valence-corrected chi connectivity index (χ4v) is 3.77. The highest BCUT2D eigenvalue weighted by atomic mass is 32.1. The van der Waals surface area contributed by atoms with Crippen molar-refractivity contribution in [3.8, 4) is 0 Å². The van der Waals surface area contributed by atoms with Crippen LogP contribution in [0.5, 0.6) is 0 Å². The Labute approximate surface area is 197 Å². The van der Waals surface area contributed by atoms with Crippen LogP contribution < -0.4 is 16.0 Å². The van der Waals surface area contributed by atoms with E-state index < -0.39 is 0 Å². The Bertz CT molecular complexity index is 1280. The maximum absolute atomic E-state index is 12.5. The Hall–Kier alpha value is -4.03. The lowest BCUT2D eigenvalue weighted by Crippen LogP contribution is -2.35. The van der Waals surface area contributed by atoms with Crippen molar-refractivity contribution in [2.75, 3.05) is 5.32 Å². The van der Waals surface area contributed by atoms with E-state index in [-0.39, 0.29) is 23.3 Å². The van der Waals surface area contributed by atoms with E-state index >= 15 is 0 Å². The average molecular weight is 454 g/mol. The van der Waals surface area contributed by atoms with Gasteiger partial charge < -0.3 is 16.0 Å². The predicted molar refractivity (Wildman–Crippen MR) is 136 cm³/mol. The topological polar surface area (TPSA) is 70.2 Å². The largest absolute Gasteiger partial charge is 0.348 e. The van der Waals surface area contributed by atoms with E-state index in [0.29, 0.717) is 17.8 Å². The zero-order valence-electron chi connectivity index (χ0n) is 17.9. The lowest BCUT2D eigenvalue weighted by atomic mass is 10.0. The van der Waals surface area contributed by atoms with Crippen molar-refractivity contribution in [2.24, 2.45) is 0 Å². The van der Waals surface area contributed by atoms with Gasteiger partial charge in [0.2, 0.25) is 5.91 Å². The van der Waals surface area contributed by atoms with Gasteiger partial charge in [0, 0.05) is 17.8 Å². The Kier molecular flexibility index (Phi) is 7.07. The van der Waals surface area contributed by atoms with E-state index in [2.05, 4.69) is 16.0 Å². The molecule has 6 heteroatoms. The van der Waals surface area contributed by atoms with E-state index in [1.165, 1.54) is 0 Å². The summed E-state index contributed by atoms with van der Waals surface area (Å²) >= 11 is 5.28. The van der Waals surface area contributed by atoms with Gasteiger partial charge in [-0.15, -0.1) is 0 Å². The first-order valence-electron chi connectivity index (χ1n) is 10.6. The number of benzene rings is 4. The van der Waals surface area contributed by atoms with Crippen molar-refractivity contribution in [3.63, 3.8) is 0 Å². The van der Waals surface area contributed by atoms with Crippen LogP contribution in [-0.4, -0.2) is 16.9 Å². The molecule has 4 rings (SSSR count). The number of hydrogen-bond donors (Lipinski definition) is 3. The maximum atomic E-state index is 12.5. The van der Waals surface area contributed by atoms with E-state index in [0.717, 1.165) is 21.9 Å². The van der Waals surface area contributed by atoms with Gasteiger partial charge in [-0.25, -0.2) is 0 Å². The summed E-state index contributed by atoms with van der Waals surface area (Å²) in [4.78, 5) is 24.8. The molecule has 4 aromatic rings. The normalized spacial score (nSPS) is 10.4. The van der Waals surface area contributed by atoms with Crippen LogP contribution in [0.3, 0.4) is 0 Å². The Morgan fingerprint density at radius 2 is 1.45 bits per heavy atom. The number of carbonyl (C=O) groups excluding carboxylic acids is 2. The maximum Gasteiger partial charge on any atom is 0.251 e. The second kappa shape index (κ2) is 10.5. The third-order valence-corrected chi connectivity index (χ3v) is 5.39. The van der Waals surface area contributed by atoms with Crippen molar-refractivity contribution in [1.82, 2.24) is 10.6 Å². The number of anilines is 1. The highest BCUT2D eigenvalue weighted by Gasteiger charge is 2.10. The van der Waals surface area contributed by atoms with Crippen LogP contribution in [0.25, 0.3) is 10.8 Å². The summed E-state index contributed by atoms with van der Waals surface area (Å²) in [6, 6.07) is 30.5. The molecule has 4 aromatic carbocycles. The molecule has 2 amide bonds. The number of hydrogen-bond acceptors (Lipinski definition) is 3. The monoisotopic (exact) mass is 453 g/mol. The number of nitrogens with one attached hydrogen (secondary N) is 3. The summed E-state index contributed by atoms with van der Waals surface area (Å²) in [5, 5.41) is 11.0. The predicted octanol–water partition coefficient (Wildman–Crippen LogP) is 4.83. The van der Waals surface area contributed by atoms with E-state index in [9.17, 15) is 9.59 Å². The third-order valence-electron chi connectivity index (χ3n) is 5.18. The Morgan fingerprint density at radius 1 is 0.758 bits per heavy atom. The highest BCUT2D eigenvalue weighted by Crippen LogP contribution is 2.19. The smallest absolute Gasteiger partial charge is 0.251 e. The van der Waals surface area contributed by atoms with Gasteiger partial charge in [0.25, 0.3) is 5.91 Å². The number of amides is 2. The van der Waals surface area contributed by atoms with Crippen LogP contribution in [0.1, 0.15) is 21.5 Å². The lowest BCUT2D eigenvalue weighted by molar-refractivity contribution is -0.119. The molecule has 0 fully saturated rings. The van der Waals surface area contributed by atoms with Crippen molar-refractivity contribution in [3.05, 3.63) is 114 Å². The molecular formula is C27H23N3O2S. The van der Waals surface area contributed by atoms with Gasteiger partial charge in [-0.1, -0.05) is 72.8 Å². The van der Waals surface area contributed by atoms with Gasteiger partial charge >= 0.3 is 0 Å². The van der Waals surface area contributed by atoms with Crippen molar-refractivity contribution < 1.29 is 9.59 Å². The first-order chi connectivity index (χ1) is 16.1. The van der Waals surface area contributed by atoms with Gasteiger partial charge in [0.05, 0.1) is 6.42 Å². The minimum absolute atomic E-state index is 0.156. The molecule has 3 N–H and O–H groups in total. The molecule has 0 atom stereocenters. The fraction of sp³-hybridized carbons (Fsp3) is 0.0741. The molecule has 33 heavy (non-hydrogen) atoms. The summed E-state index contributed by atoms with van der Waals surface area (Å²) in [7, 11) is 0. The van der Waals surface area contributed by atoms with Gasteiger partial charge in [-0.05, 0) is 58.4 Å². The second-order valence-electron chi connectivity index (χ2n) is 7.56. The third kappa shape index (κ3) is 6.02. The van der Waals surface area contributed by atoms with Crippen LogP contribution in [0.2, 0.25) is 0 Å². The van der Waals surface area contributed by atoms with Gasteiger partial charge in [0.15, 0.2) is 5.11 Å². The molecule has 0 heterocycles. The van der Waals surface area contributed by atoms with Crippen molar-refractivity contribution in [1.29, 1.82) is 0 Å². The van der Waals surface area contributed by atoms with Crippen LogP contribution in [0.4, 0.5) is 5.69 Å². The van der Waals surface area contributed by atoms with Gasteiger partial charge in [-0.2, -0.15) is 0 Å². The Morgan fingerprint density at radius 3 is 2.24 bits per heavy atom. The van der Waals surface area contributed by atoms with Crippen molar-refractivity contribution >= 4 is 45.6 Å². The molecule has 0 saturated carbocycles. The lowest BCUT2D eigenvalue weighted by Gasteiger charge is -2.11. The first-order valence-corrected chi connectivity index (χ1v) is 11.0. The van der Waals surface area contributed by atoms with Gasteiger partial charge in [0.1, 0.15) is 0 Å². The summed E-state index contributed by atoms with van der Waals surface area (Å²) < 4.78 is 0. The summed E-state index contributed by atoms with van der Waals surface area (Å²) in [5.74, 6) is -0.350. The number of carbonyl (C=O) groups is 2. The second-order valence-corrected chi connectivity index (χ2v) is 7.97. The summed E-state index contributed by atoms with van der Waals surface area (Å²) in [5.41, 5.74) is 3.21. The zero-order valence-corrected chi connectivity index (χ0v) is 18.7. The van der Waals surface area contributed by atoms with E-state index in [1.807, 2.05) is 72.8 Å². The molecule has 0 aliphatic rings. The molecule has 0 saturated heterocycles.